The highest BCUT2D eigenvalue weighted by molar-refractivity contribution is 5.66. The zero-order valence-corrected chi connectivity index (χ0v) is 10.3. The minimum absolute atomic E-state index is 0.00923. The Morgan fingerprint density at radius 1 is 1.59 bits per heavy atom. The summed E-state index contributed by atoms with van der Waals surface area (Å²) in [7, 11) is 0. The molecule has 5 nitrogen and oxygen atoms in total. The first-order valence-corrected chi connectivity index (χ1v) is 6.14. The van der Waals surface area contributed by atoms with Gasteiger partial charge in [0.25, 0.3) is 0 Å². The second-order valence-electron chi connectivity index (χ2n) is 4.30. The molecule has 1 fully saturated rings. The van der Waals surface area contributed by atoms with Crippen molar-refractivity contribution in [2.24, 2.45) is 0 Å². The molecule has 1 unspecified atom stereocenters. The molecule has 0 saturated carbocycles. The van der Waals surface area contributed by atoms with Gasteiger partial charge in [-0.2, -0.15) is 5.26 Å². The summed E-state index contributed by atoms with van der Waals surface area (Å²) in [6.45, 7) is 4.03. The quantitative estimate of drug-likeness (QED) is 0.756. The van der Waals surface area contributed by atoms with Crippen LogP contribution in [0.4, 0.5) is 0 Å². The fourth-order valence-electron chi connectivity index (χ4n) is 2.10. The Hall–Kier alpha value is -1.12. The van der Waals surface area contributed by atoms with Crippen LogP contribution in [0.5, 0.6) is 0 Å². The molecule has 0 aromatic carbocycles. The van der Waals surface area contributed by atoms with Gasteiger partial charge >= 0.3 is 5.97 Å². The molecular weight excluding hydrogens is 220 g/mol. The Kier molecular flexibility index (Phi) is 5.95. The van der Waals surface area contributed by atoms with Gasteiger partial charge in [0.05, 0.1) is 31.2 Å². The number of ether oxygens (including phenoxy) is 1. The van der Waals surface area contributed by atoms with E-state index < -0.39 is 5.97 Å². The summed E-state index contributed by atoms with van der Waals surface area (Å²) >= 11 is 0. The van der Waals surface area contributed by atoms with E-state index in [4.69, 9.17) is 15.1 Å². The maximum atomic E-state index is 10.3. The molecule has 17 heavy (non-hydrogen) atoms. The Labute approximate surface area is 102 Å². The van der Waals surface area contributed by atoms with Gasteiger partial charge in [-0.25, -0.2) is 0 Å². The summed E-state index contributed by atoms with van der Waals surface area (Å²) in [4.78, 5) is 12.5. The van der Waals surface area contributed by atoms with Gasteiger partial charge in [0.2, 0.25) is 0 Å². The fourth-order valence-corrected chi connectivity index (χ4v) is 2.10. The molecule has 0 aromatic heterocycles. The van der Waals surface area contributed by atoms with Gasteiger partial charge in [-0.3, -0.25) is 9.69 Å². The summed E-state index contributed by atoms with van der Waals surface area (Å²) in [5.74, 6) is -0.821. The summed E-state index contributed by atoms with van der Waals surface area (Å²) < 4.78 is 5.50. The lowest BCUT2D eigenvalue weighted by Crippen LogP contribution is -2.42. The summed E-state index contributed by atoms with van der Waals surface area (Å²) in [6.07, 6.45) is 2.84. The number of rotatable bonds is 6. The van der Waals surface area contributed by atoms with Gasteiger partial charge in [-0.1, -0.05) is 6.92 Å². The van der Waals surface area contributed by atoms with Crippen LogP contribution >= 0.6 is 0 Å². The van der Waals surface area contributed by atoms with E-state index in [0.717, 1.165) is 32.4 Å². The number of hydrogen-bond acceptors (Lipinski definition) is 4. The molecule has 1 N–H and O–H groups in total. The van der Waals surface area contributed by atoms with E-state index in [2.05, 4.69) is 11.0 Å². The zero-order valence-electron chi connectivity index (χ0n) is 10.3. The standard InChI is InChI=1S/C12H20N2O3/c1-2-10(9-13)14-6-3-11(4-7-14)17-8-5-12(15)16/h10-11H,2-8H2,1H3,(H,15,16). The van der Waals surface area contributed by atoms with Gasteiger partial charge in [0.1, 0.15) is 0 Å². The lowest BCUT2D eigenvalue weighted by atomic mass is 10.0. The van der Waals surface area contributed by atoms with E-state index in [1.54, 1.807) is 0 Å². The largest absolute Gasteiger partial charge is 0.481 e. The number of piperidine rings is 1. The molecule has 0 aromatic rings. The van der Waals surface area contributed by atoms with Crippen molar-refractivity contribution < 1.29 is 14.6 Å². The van der Waals surface area contributed by atoms with Crippen molar-refractivity contribution in [1.29, 1.82) is 5.26 Å². The highest BCUT2D eigenvalue weighted by Crippen LogP contribution is 2.17. The molecule has 1 aliphatic heterocycles. The summed E-state index contributed by atoms with van der Waals surface area (Å²) in [6, 6.07) is 2.31. The van der Waals surface area contributed by atoms with Crippen LogP contribution in [-0.4, -0.2) is 47.8 Å². The monoisotopic (exact) mass is 240 g/mol. The van der Waals surface area contributed by atoms with Crippen LogP contribution in [0.15, 0.2) is 0 Å². The third kappa shape index (κ3) is 4.72. The summed E-state index contributed by atoms with van der Waals surface area (Å²) in [5, 5.41) is 17.5. The third-order valence-corrected chi connectivity index (χ3v) is 3.12. The lowest BCUT2D eigenvalue weighted by Gasteiger charge is -2.34. The van der Waals surface area contributed by atoms with Crippen molar-refractivity contribution in [1.82, 2.24) is 4.90 Å². The average Bonchev–Trinajstić information content (AvgIpc) is 2.32. The number of hydrogen-bond donors (Lipinski definition) is 1. The van der Waals surface area contributed by atoms with Crippen LogP contribution in [0.3, 0.4) is 0 Å². The number of aliphatic carboxylic acids is 1. The van der Waals surface area contributed by atoms with Crippen LogP contribution in [0.1, 0.15) is 32.6 Å². The second kappa shape index (κ2) is 7.25. The minimum atomic E-state index is -0.821. The van der Waals surface area contributed by atoms with Gasteiger partial charge in [-0.15, -0.1) is 0 Å². The average molecular weight is 240 g/mol. The van der Waals surface area contributed by atoms with Crippen LogP contribution in [0.25, 0.3) is 0 Å². The maximum absolute atomic E-state index is 10.3. The number of nitrogens with zero attached hydrogens (tertiary/aromatic N) is 2. The van der Waals surface area contributed by atoms with E-state index in [0.29, 0.717) is 0 Å². The van der Waals surface area contributed by atoms with Crippen LogP contribution in [0.2, 0.25) is 0 Å². The SMILES string of the molecule is CCC(C#N)N1CCC(OCCC(=O)O)CC1. The number of likely N-dealkylation sites (tertiary alicyclic amines) is 1. The Morgan fingerprint density at radius 3 is 2.71 bits per heavy atom. The van der Waals surface area contributed by atoms with Crippen LogP contribution in [0, 0.1) is 11.3 Å². The van der Waals surface area contributed by atoms with Crippen LogP contribution < -0.4 is 0 Å². The molecule has 5 heteroatoms. The zero-order chi connectivity index (χ0) is 12.7. The minimum Gasteiger partial charge on any atom is -0.481 e. The number of nitriles is 1. The first-order chi connectivity index (χ1) is 8.17. The Balaban J connectivity index is 2.22. The van der Waals surface area contributed by atoms with E-state index >= 15 is 0 Å². The first-order valence-electron chi connectivity index (χ1n) is 6.14. The van der Waals surface area contributed by atoms with Crippen molar-refractivity contribution in [3.05, 3.63) is 0 Å². The van der Waals surface area contributed by atoms with E-state index in [-0.39, 0.29) is 25.2 Å². The van der Waals surface area contributed by atoms with Gasteiger partial charge < -0.3 is 9.84 Å². The van der Waals surface area contributed by atoms with E-state index in [1.807, 2.05) is 6.92 Å². The molecule has 0 bridgehead atoms. The Morgan fingerprint density at radius 2 is 2.24 bits per heavy atom. The number of carboxylic acid groups (broad SMARTS) is 1. The predicted molar refractivity (Wildman–Crippen MR) is 62.5 cm³/mol. The normalized spacial score (nSPS) is 19.8. The van der Waals surface area contributed by atoms with Crippen molar-refractivity contribution in [2.45, 2.75) is 44.8 Å². The molecule has 0 radical (unpaired) electrons. The topological polar surface area (TPSA) is 73.6 Å². The van der Waals surface area contributed by atoms with Gasteiger partial charge in [0, 0.05) is 13.1 Å². The van der Waals surface area contributed by atoms with Crippen molar-refractivity contribution >= 4 is 5.97 Å². The number of carbonyl (C=O) groups is 1. The molecule has 0 spiro atoms. The maximum Gasteiger partial charge on any atom is 0.305 e. The molecule has 1 atom stereocenters. The van der Waals surface area contributed by atoms with Gasteiger partial charge in [0.15, 0.2) is 0 Å². The van der Waals surface area contributed by atoms with Crippen molar-refractivity contribution in [3.63, 3.8) is 0 Å². The van der Waals surface area contributed by atoms with Crippen LogP contribution in [-0.2, 0) is 9.53 Å². The smallest absolute Gasteiger partial charge is 0.305 e. The Bertz CT molecular complexity index is 280. The molecule has 1 heterocycles. The first kappa shape index (κ1) is 13.9. The fraction of sp³-hybridized carbons (Fsp3) is 0.833. The van der Waals surface area contributed by atoms with Gasteiger partial charge in [-0.05, 0) is 19.3 Å². The molecule has 96 valence electrons. The molecule has 1 saturated heterocycles. The molecular formula is C12H20N2O3. The number of carboxylic acids is 1. The summed E-state index contributed by atoms with van der Waals surface area (Å²) in [5.41, 5.74) is 0. The van der Waals surface area contributed by atoms with E-state index in [1.165, 1.54) is 0 Å². The molecule has 1 aliphatic rings. The predicted octanol–water partition coefficient (Wildman–Crippen LogP) is 1.24. The molecule has 0 aliphatic carbocycles. The lowest BCUT2D eigenvalue weighted by molar-refractivity contribution is -0.138. The second-order valence-corrected chi connectivity index (χ2v) is 4.30. The molecule has 0 amide bonds. The third-order valence-electron chi connectivity index (χ3n) is 3.12. The highest BCUT2D eigenvalue weighted by Gasteiger charge is 2.24. The van der Waals surface area contributed by atoms with Crippen molar-refractivity contribution in [3.8, 4) is 6.07 Å². The van der Waals surface area contributed by atoms with Crippen molar-refractivity contribution in [2.75, 3.05) is 19.7 Å². The highest BCUT2D eigenvalue weighted by atomic mass is 16.5. The van der Waals surface area contributed by atoms with E-state index in [9.17, 15) is 4.79 Å². The molecule has 1 rings (SSSR count).